The Kier molecular flexibility index (Phi) is 3.44. The third kappa shape index (κ3) is 2.17. The molecule has 1 aliphatic rings. The van der Waals surface area contributed by atoms with Crippen LogP contribution < -0.4 is 5.73 Å². The first-order valence-corrected chi connectivity index (χ1v) is 5.75. The van der Waals surface area contributed by atoms with E-state index in [1.807, 2.05) is 14.1 Å². The average Bonchev–Trinajstić information content (AvgIpc) is 2.13. The van der Waals surface area contributed by atoms with Crippen LogP contribution >= 0.6 is 0 Å². The van der Waals surface area contributed by atoms with Gasteiger partial charge in [-0.15, -0.1) is 0 Å². The van der Waals surface area contributed by atoms with Gasteiger partial charge in [-0.3, -0.25) is 4.79 Å². The lowest BCUT2D eigenvalue weighted by Gasteiger charge is -2.46. The molecule has 0 heterocycles. The van der Waals surface area contributed by atoms with E-state index in [9.17, 15) is 4.79 Å². The molecule has 0 saturated heterocycles. The number of carbonyl (C=O) groups excluding carboxylic acids is 1. The molecule has 0 aromatic carbocycles. The predicted octanol–water partition coefficient (Wildman–Crippen LogP) is 1.47. The van der Waals surface area contributed by atoms with E-state index >= 15 is 0 Å². The normalized spacial score (nSPS) is 34.9. The van der Waals surface area contributed by atoms with Crippen molar-refractivity contribution in [2.75, 3.05) is 14.1 Å². The first-order chi connectivity index (χ1) is 6.78. The van der Waals surface area contributed by atoms with E-state index in [1.165, 1.54) is 0 Å². The van der Waals surface area contributed by atoms with Gasteiger partial charge in [0.2, 0.25) is 5.91 Å². The van der Waals surface area contributed by atoms with Crippen LogP contribution in [-0.2, 0) is 4.79 Å². The second-order valence-electron chi connectivity index (χ2n) is 5.64. The Hall–Kier alpha value is -0.570. The van der Waals surface area contributed by atoms with Crippen LogP contribution in [-0.4, -0.2) is 30.9 Å². The molecule has 15 heavy (non-hydrogen) atoms. The van der Waals surface area contributed by atoms with E-state index in [0.717, 1.165) is 12.8 Å². The highest BCUT2D eigenvalue weighted by Gasteiger charge is 2.45. The topological polar surface area (TPSA) is 46.3 Å². The highest BCUT2D eigenvalue weighted by atomic mass is 16.2. The first kappa shape index (κ1) is 12.5. The highest BCUT2D eigenvalue weighted by Crippen LogP contribution is 2.44. The Morgan fingerprint density at radius 2 is 1.87 bits per heavy atom. The second-order valence-corrected chi connectivity index (χ2v) is 5.64. The van der Waals surface area contributed by atoms with Crippen molar-refractivity contribution in [3.8, 4) is 0 Å². The molecular weight excluding hydrogens is 188 g/mol. The number of nitrogens with zero attached hydrogens (tertiary/aromatic N) is 1. The first-order valence-electron chi connectivity index (χ1n) is 5.75. The van der Waals surface area contributed by atoms with Gasteiger partial charge >= 0.3 is 0 Å². The number of carbonyl (C=O) groups is 1. The lowest BCUT2D eigenvalue weighted by atomic mass is 9.61. The molecule has 0 aromatic heterocycles. The molecule has 0 aromatic rings. The minimum absolute atomic E-state index is 0.0129. The summed E-state index contributed by atoms with van der Waals surface area (Å²) in [5.41, 5.74) is 6.08. The van der Waals surface area contributed by atoms with Crippen LogP contribution in [0.3, 0.4) is 0 Å². The molecule has 3 atom stereocenters. The minimum Gasteiger partial charge on any atom is -0.349 e. The standard InChI is InChI=1S/C12H24N2O/c1-8-10(13)7-6-9(12(8,2)3)11(15)14(4)5/h8-10H,6-7,13H2,1-5H3. The van der Waals surface area contributed by atoms with Crippen LogP contribution in [0.1, 0.15) is 33.6 Å². The van der Waals surface area contributed by atoms with Gasteiger partial charge in [-0.05, 0) is 24.2 Å². The van der Waals surface area contributed by atoms with Crippen molar-refractivity contribution < 1.29 is 4.79 Å². The van der Waals surface area contributed by atoms with Crippen LogP contribution in [0.25, 0.3) is 0 Å². The maximum Gasteiger partial charge on any atom is 0.225 e. The largest absolute Gasteiger partial charge is 0.349 e. The van der Waals surface area contributed by atoms with Crippen molar-refractivity contribution in [1.29, 1.82) is 0 Å². The molecule has 3 unspecified atom stereocenters. The molecule has 0 radical (unpaired) electrons. The Morgan fingerprint density at radius 3 is 2.33 bits per heavy atom. The second kappa shape index (κ2) is 4.12. The fraction of sp³-hybridized carbons (Fsp3) is 0.917. The Balaban J connectivity index is 2.87. The SMILES string of the molecule is CC1C(N)CCC(C(=O)N(C)C)C1(C)C. The molecule has 1 aliphatic carbocycles. The van der Waals surface area contributed by atoms with Crippen LogP contribution in [0.5, 0.6) is 0 Å². The van der Waals surface area contributed by atoms with Gasteiger partial charge in [0.05, 0.1) is 0 Å². The van der Waals surface area contributed by atoms with E-state index in [0.29, 0.717) is 5.92 Å². The lowest BCUT2D eigenvalue weighted by Crippen LogP contribution is -2.51. The minimum atomic E-state index is 0.0129. The summed E-state index contributed by atoms with van der Waals surface area (Å²) < 4.78 is 0. The molecule has 3 nitrogen and oxygen atoms in total. The summed E-state index contributed by atoms with van der Waals surface area (Å²) in [6.07, 6.45) is 1.89. The maximum absolute atomic E-state index is 12.1. The van der Waals surface area contributed by atoms with Gasteiger partial charge in [-0.2, -0.15) is 0 Å². The van der Waals surface area contributed by atoms with Gasteiger partial charge < -0.3 is 10.6 Å². The highest BCUT2D eigenvalue weighted by molar-refractivity contribution is 5.79. The molecule has 0 bridgehead atoms. The summed E-state index contributed by atoms with van der Waals surface area (Å²) in [7, 11) is 3.66. The molecular formula is C12H24N2O. The van der Waals surface area contributed by atoms with Crippen molar-refractivity contribution in [3.05, 3.63) is 0 Å². The number of nitrogens with two attached hydrogens (primary N) is 1. The van der Waals surface area contributed by atoms with Gasteiger partial charge in [-0.25, -0.2) is 0 Å². The monoisotopic (exact) mass is 212 g/mol. The summed E-state index contributed by atoms with van der Waals surface area (Å²) in [5, 5.41) is 0. The fourth-order valence-electron chi connectivity index (χ4n) is 2.60. The van der Waals surface area contributed by atoms with E-state index < -0.39 is 0 Å². The van der Waals surface area contributed by atoms with Gasteiger partial charge in [0.15, 0.2) is 0 Å². The van der Waals surface area contributed by atoms with Crippen molar-refractivity contribution in [2.45, 2.75) is 39.7 Å². The van der Waals surface area contributed by atoms with Crippen LogP contribution in [0, 0.1) is 17.3 Å². The maximum atomic E-state index is 12.1. The Morgan fingerprint density at radius 1 is 1.33 bits per heavy atom. The summed E-state index contributed by atoms with van der Waals surface area (Å²) >= 11 is 0. The zero-order chi connectivity index (χ0) is 11.8. The molecule has 1 rings (SSSR count). The zero-order valence-corrected chi connectivity index (χ0v) is 10.6. The number of hydrogen-bond donors (Lipinski definition) is 1. The van der Waals surface area contributed by atoms with Gasteiger partial charge in [0.1, 0.15) is 0 Å². The van der Waals surface area contributed by atoms with Gasteiger partial charge in [-0.1, -0.05) is 20.8 Å². The van der Waals surface area contributed by atoms with Crippen molar-refractivity contribution >= 4 is 5.91 Å². The fourth-order valence-corrected chi connectivity index (χ4v) is 2.60. The summed E-state index contributed by atoms with van der Waals surface area (Å²) in [4.78, 5) is 13.8. The lowest BCUT2D eigenvalue weighted by molar-refractivity contribution is -0.140. The van der Waals surface area contributed by atoms with Crippen LogP contribution in [0.15, 0.2) is 0 Å². The third-order valence-corrected chi connectivity index (χ3v) is 4.24. The molecule has 2 N–H and O–H groups in total. The number of amides is 1. The smallest absolute Gasteiger partial charge is 0.225 e. The van der Waals surface area contributed by atoms with Gasteiger partial charge in [0.25, 0.3) is 0 Å². The predicted molar refractivity (Wildman–Crippen MR) is 62.3 cm³/mol. The molecule has 1 fully saturated rings. The Bertz CT molecular complexity index is 248. The van der Waals surface area contributed by atoms with Crippen LogP contribution in [0.4, 0.5) is 0 Å². The molecule has 88 valence electrons. The van der Waals surface area contributed by atoms with E-state index in [4.69, 9.17) is 5.73 Å². The summed E-state index contributed by atoms with van der Waals surface area (Å²) in [5.74, 6) is 0.779. The Labute approximate surface area is 93.0 Å². The molecule has 3 heteroatoms. The van der Waals surface area contributed by atoms with Crippen molar-refractivity contribution in [1.82, 2.24) is 4.90 Å². The molecule has 0 spiro atoms. The number of rotatable bonds is 1. The quantitative estimate of drug-likeness (QED) is 0.715. The average molecular weight is 212 g/mol. The number of hydrogen-bond acceptors (Lipinski definition) is 2. The molecule has 1 amide bonds. The van der Waals surface area contributed by atoms with Crippen molar-refractivity contribution in [3.63, 3.8) is 0 Å². The van der Waals surface area contributed by atoms with Gasteiger partial charge in [0, 0.05) is 26.1 Å². The van der Waals surface area contributed by atoms with E-state index in [-0.39, 0.29) is 23.3 Å². The summed E-state index contributed by atoms with van der Waals surface area (Å²) in [6, 6.07) is 0.242. The van der Waals surface area contributed by atoms with Crippen LogP contribution in [0.2, 0.25) is 0 Å². The zero-order valence-electron chi connectivity index (χ0n) is 10.6. The van der Waals surface area contributed by atoms with E-state index in [2.05, 4.69) is 20.8 Å². The summed E-state index contributed by atoms with van der Waals surface area (Å²) in [6.45, 7) is 6.51. The van der Waals surface area contributed by atoms with E-state index in [1.54, 1.807) is 4.90 Å². The van der Waals surface area contributed by atoms with Crippen molar-refractivity contribution in [2.24, 2.45) is 23.0 Å². The molecule has 1 saturated carbocycles. The third-order valence-electron chi connectivity index (χ3n) is 4.24. The molecule has 0 aliphatic heterocycles.